The van der Waals surface area contributed by atoms with Gasteiger partial charge in [-0.25, -0.2) is 0 Å². The molecule has 0 aliphatic heterocycles. The maximum atomic E-state index is 11.6. The SMILES string of the molecule is COc1ccc(CNC(=O)/C=C/C(C)(C)C)cc1. The van der Waals surface area contributed by atoms with Crippen LogP contribution in [0.15, 0.2) is 36.4 Å². The summed E-state index contributed by atoms with van der Waals surface area (Å²) in [5.74, 6) is 0.749. The van der Waals surface area contributed by atoms with Gasteiger partial charge in [-0.1, -0.05) is 39.0 Å². The highest BCUT2D eigenvalue weighted by atomic mass is 16.5. The van der Waals surface area contributed by atoms with E-state index >= 15 is 0 Å². The lowest BCUT2D eigenvalue weighted by atomic mass is 9.96. The molecule has 0 bridgehead atoms. The Labute approximate surface area is 109 Å². The van der Waals surface area contributed by atoms with Gasteiger partial charge in [0, 0.05) is 6.54 Å². The second-order valence-corrected chi connectivity index (χ2v) is 5.27. The number of hydrogen-bond donors (Lipinski definition) is 1. The molecule has 0 fully saturated rings. The van der Waals surface area contributed by atoms with Crippen molar-refractivity contribution in [3.05, 3.63) is 42.0 Å². The van der Waals surface area contributed by atoms with Crippen LogP contribution >= 0.6 is 0 Å². The number of benzene rings is 1. The van der Waals surface area contributed by atoms with E-state index in [0.29, 0.717) is 6.54 Å². The number of nitrogens with one attached hydrogen (secondary N) is 1. The highest BCUT2D eigenvalue weighted by Crippen LogP contribution is 2.14. The largest absolute Gasteiger partial charge is 0.497 e. The molecule has 1 aromatic carbocycles. The van der Waals surface area contributed by atoms with Crippen molar-refractivity contribution in [3.8, 4) is 5.75 Å². The number of amides is 1. The molecule has 3 nitrogen and oxygen atoms in total. The number of allylic oxidation sites excluding steroid dienone is 1. The van der Waals surface area contributed by atoms with E-state index in [9.17, 15) is 4.79 Å². The molecule has 98 valence electrons. The molecule has 0 unspecified atom stereocenters. The molecule has 0 saturated heterocycles. The van der Waals surface area contributed by atoms with E-state index < -0.39 is 0 Å². The molecule has 0 aromatic heterocycles. The number of carbonyl (C=O) groups is 1. The van der Waals surface area contributed by atoms with E-state index in [4.69, 9.17) is 4.74 Å². The Hall–Kier alpha value is -1.77. The Balaban J connectivity index is 2.45. The van der Waals surface area contributed by atoms with Gasteiger partial charge in [-0.05, 0) is 29.2 Å². The van der Waals surface area contributed by atoms with Crippen molar-refractivity contribution in [2.75, 3.05) is 7.11 Å². The number of methoxy groups -OCH3 is 1. The summed E-state index contributed by atoms with van der Waals surface area (Å²) in [6.07, 6.45) is 3.49. The van der Waals surface area contributed by atoms with E-state index in [2.05, 4.69) is 26.1 Å². The monoisotopic (exact) mass is 247 g/mol. The standard InChI is InChI=1S/C15H21NO2/c1-15(2,3)10-9-14(17)16-11-12-5-7-13(18-4)8-6-12/h5-10H,11H2,1-4H3,(H,16,17)/b10-9+. The molecule has 0 aliphatic carbocycles. The van der Waals surface area contributed by atoms with E-state index in [-0.39, 0.29) is 11.3 Å². The van der Waals surface area contributed by atoms with Gasteiger partial charge in [-0.2, -0.15) is 0 Å². The van der Waals surface area contributed by atoms with Crippen LogP contribution in [0, 0.1) is 5.41 Å². The third kappa shape index (κ3) is 5.53. The van der Waals surface area contributed by atoms with Crippen molar-refractivity contribution in [3.63, 3.8) is 0 Å². The summed E-state index contributed by atoms with van der Waals surface area (Å²) in [5.41, 5.74) is 1.07. The lowest BCUT2D eigenvalue weighted by molar-refractivity contribution is -0.116. The molecule has 0 saturated carbocycles. The van der Waals surface area contributed by atoms with Crippen LogP contribution in [0.4, 0.5) is 0 Å². The van der Waals surface area contributed by atoms with Crippen LogP contribution in [-0.2, 0) is 11.3 Å². The molecular formula is C15H21NO2. The summed E-state index contributed by atoms with van der Waals surface area (Å²) in [6.45, 7) is 6.69. The molecule has 0 atom stereocenters. The maximum Gasteiger partial charge on any atom is 0.243 e. The van der Waals surface area contributed by atoms with Crippen LogP contribution in [0.5, 0.6) is 5.75 Å². The van der Waals surface area contributed by atoms with Gasteiger partial charge in [0.1, 0.15) is 5.75 Å². The Morgan fingerprint density at radius 2 is 1.89 bits per heavy atom. The first-order valence-electron chi connectivity index (χ1n) is 6.01. The van der Waals surface area contributed by atoms with Crippen molar-refractivity contribution in [2.24, 2.45) is 5.41 Å². The average molecular weight is 247 g/mol. The second-order valence-electron chi connectivity index (χ2n) is 5.27. The zero-order chi connectivity index (χ0) is 13.6. The van der Waals surface area contributed by atoms with E-state index in [1.165, 1.54) is 0 Å². The van der Waals surface area contributed by atoms with Crippen LogP contribution in [0.25, 0.3) is 0 Å². The van der Waals surface area contributed by atoms with Crippen molar-refractivity contribution >= 4 is 5.91 Å². The predicted molar refractivity (Wildman–Crippen MR) is 73.4 cm³/mol. The Morgan fingerprint density at radius 1 is 1.28 bits per heavy atom. The maximum absolute atomic E-state index is 11.6. The molecule has 1 N–H and O–H groups in total. The number of hydrogen-bond acceptors (Lipinski definition) is 2. The first-order valence-corrected chi connectivity index (χ1v) is 6.01. The summed E-state index contributed by atoms with van der Waals surface area (Å²) >= 11 is 0. The first-order chi connectivity index (χ1) is 8.40. The quantitative estimate of drug-likeness (QED) is 0.831. The summed E-state index contributed by atoms with van der Waals surface area (Å²) < 4.78 is 5.07. The Morgan fingerprint density at radius 3 is 2.39 bits per heavy atom. The summed E-state index contributed by atoms with van der Waals surface area (Å²) in [6, 6.07) is 7.64. The average Bonchev–Trinajstić information content (AvgIpc) is 2.33. The fourth-order valence-corrected chi connectivity index (χ4v) is 1.32. The minimum atomic E-state index is -0.0688. The van der Waals surface area contributed by atoms with Gasteiger partial charge in [0.25, 0.3) is 0 Å². The predicted octanol–water partition coefficient (Wildman–Crippen LogP) is 2.91. The molecule has 3 heteroatoms. The summed E-state index contributed by atoms with van der Waals surface area (Å²) in [4.78, 5) is 11.6. The highest BCUT2D eigenvalue weighted by molar-refractivity contribution is 5.87. The third-order valence-electron chi connectivity index (χ3n) is 2.36. The number of rotatable bonds is 4. The zero-order valence-electron chi connectivity index (χ0n) is 11.5. The van der Waals surface area contributed by atoms with Gasteiger partial charge >= 0.3 is 0 Å². The molecule has 1 aromatic rings. The fraction of sp³-hybridized carbons (Fsp3) is 0.400. The van der Waals surface area contributed by atoms with Crippen LogP contribution < -0.4 is 10.1 Å². The third-order valence-corrected chi connectivity index (χ3v) is 2.36. The van der Waals surface area contributed by atoms with Crippen molar-refractivity contribution in [1.82, 2.24) is 5.32 Å². The lowest BCUT2D eigenvalue weighted by Crippen LogP contribution is -2.20. The number of carbonyl (C=O) groups excluding carboxylic acids is 1. The molecule has 0 radical (unpaired) electrons. The van der Waals surface area contributed by atoms with Crippen molar-refractivity contribution < 1.29 is 9.53 Å². The summed E-state index contributed by atoms with van der Waals surface area (Å²) in [7, 11) is 1.63. The van der Waals surface area contributed by atoms with Gasteiger partial charge in [0.2, 0.25) is 5.91 Å². The molecule has 0 spiro atoms. The van der Waals surface area contributed by atoms with E-state index in [1.54, 1.807) is 13.2 Å². The van der Waals surface area contributed by atoms with Gasteiger partial charge < -0.3 is 10.1 Å². The highest BCUT2D eigenvalue weighted by Gasteiger charge is 2.05. The molecule has 1 rings (SSSR count). The fourth-order valence-electron chi connectivity index (χ4n) is 1.32. The smallest absolute Gasteiger partial charge is 0.243 e. The molecule has 18 heavy (non-hydrogen) atoms. The van der Waals surface area contributed by atoms with Crippen LogP contribution in [0.3, 0.4) is 0 Å². The molecular weight excluding hydrogens is 226 g/mol. The van der Waals surface area contributed by atoms with Gasteiger partial charge in [0.05, 0.1) is 7.11 Å². The molecule has 0 aliphatic rings. The van der Waals surface area contributed by atoms with Gasteiger partial charge in [-0.15, -0.1) is 0 Å². The van der Waals surface area contributed by atoms with Gasteiger partial charge in [0.15, 0.2) is 0 Å². The van der Waals surface area contributed by atoms with Crippen molar-refractivity contribution in [2.45, 2.75) is 27.3 Å². The lowest BCUT2D eigenvalue weighted by Gasteiger charge is -2.11. The normalized spacial score (nSPS) is 11.6. The van der Waals surface area contributed by atoms with E-state index in [0.717, 1.165) is 11.3 Å². The topological polar surface area (TPSA) is 38.3 Å². The van der Waals surface area contributed by atoms with Crippen LogP contribution in [0.1, 0.15) is 26.3 Å². The van der Waals surface area contributed by atoms with Crippen LogP contribution in [-0.4, -0.2) is 13.0 Å². The van der Waals surface area contributed by atoms with Crippen molar-refractivity contribution in [1.29, 1.82) is 0 Å². The Kier molecular flexibility index (Phi) is 4.95. The first kappa shape index (κ1) is 14.3. The minimum Gasteiger partial charge on any atom is -0.497 e. The minimum absolute atomic E-state index is 0.0253. The van der Waals surface area contributed by atoms with E-state index in [1.807, 2.05) is 30.3 Å². The second kappa shape index (κ2) is 6.24. The summed E-state index contributed by atoms with van der Waals surface area (Å²) in [5, 5.41) is 2.84. The number of ether oxygens (including phenoxy) is 1. The Bertz CT molecular complexity index is 413. The molecule has 0 heterocycles. The van der Waals surface area contributed by atoms with Gasteiger partial charge in [-0.3, -0.25) is 4.79 Å². The van der Waals surface area contributed by atoms with Crippen LogP contribution in [0.2, 0.25) is 0 Å². The zero-order valence-corrected chi connectivity index (χ0v) is 11.5. The molecule has 1 amide bonds.